The third kappa shape index (κ3) is 3.84. The van der Waals surface area contributed by atoms with Crippen molar-refractivity contribution in [3.05, 3.63) is 33.8 Å². The van der Waals surface area contributed by atoms with Gasteiger partial charge in [0, 0.05) is 23.1 Å². The van der Waals surface area contributed by atoms with Crippen LogP contribution < -0.4 is 5.73 Å². The molecule has 1 fully saturated rings. The molecule has 0 amide bonds. The van der Waals surface area contributed by atoms with Gasteiger partial charge in [-0.05, 0) is 44.0 Å². The number of hydrogen-bond acceptors (Lipinski definition) is 2. The van der Waals surface area contributed by atoms with Gasteiger partial charge in [0.2, 0.25) is 0 Å². The van der Waals surface area contributed by atoms with E-state index in [2.05, 4.69) is 53.0 Å². The van der Waals surface area contributed by atoms with Gasteiger partial charge in [-0.3, -0.25) is 4.90 Å². The van der Waals surface area contributed by atoms with Crippen LogP contribution in [0.4, 0.5) is 0 Å². The monoisotopic (exact) mass is 338 g/mol. The van der Waals surface area contributed by atoms with Crippen LogP contribution in [0.15, 0.2) is 22.7 Å². The van der Waals surface area contributed by atoms with Gasteiger partial charge in [0.15, 0.2) is 0 Å². The number of likely N-dealkylation sites (N-methyl/N-ethyl adjacent to an activating group) is 1. The van der Waals surface area contributed by atoms with E-state index in [4.69, 9.17) is 5.73 Å². The lowest BCUT2D eigenvalue weighted by Gasteiger charge is -2.34. The molecule has 112 valence electrons. The van der Waals surface area contributed by atoms with Crippen LogP contribution in [-0.4, -0.2) is 24.5 Å². The lowest BCUT2D eigenvalue weighted by molar-refractivity contribution is 0.161. The van der Waals surface area contributed by atoms with Crippen molar-refractivity contribution in [2.45, 2.75) is 57.5 Å². The van der Waals surface area contributed by atoms with Gasteiger partial charge in [-0.15, -0.1) is 0 Å². The maximum absolute atomic E-state index is 6.08. The molecule has 1 unspecified atom stereocenters. The van der Waals surface area contributed by atoms with Crippen LogP contribution in [0, 0.1) is 6.92 Å². The Morgan fingerprint density at radius 1 is 1.25 bits per heavy atom. The van der Waals surface area contributed by atoms with Crippen LogP contribution in [0.3, 0.4) is 0 Å². The number of nitrogens with two attached hydrogens (primary N) is 1. The topological polar surface area (TPSA) is 29.3 Å². The Morgan fingerprint density at radius 2 is 1.90 bits per heavy atom. The summed E-state index contributed by atoms with van der Waals surface area (Å²) in [5.74, 6) is 0. The van der Waals surface area contributed by atoms with E-state index >= 15 is 0 Å². The molecule has 3 heteroatoms. The first-order valence-corrected chi connectivity index (χ1v) is 8.61. The molecule has 2 nitrogen and oxygen atoms in total. The second-order valence-electron chi connectivity index (χ2n) is 6.07. The summed E-state index contributed by atoms with van der Waals surface area (Å²) in [5.41, 5.74) is 8.69. The molecule has 1 aromatic rings. The fourth-order valence-corrected chi connectivity index (χ4v) is 3.67. The fraction of sp³-hybridized carbons (Fsp3) is 0.647. The van der Waals surface area contributed by atoms with Gasteiger partial charge in [-0.2, -0.15) is 0 Å². The van der Waals surface area contributed by atoms with Gasteiger partial charge in [0.25, 0.3) is 0 Å². The van der Waals surface area contributed by atoms with Crippen LogP contribution >= 0.6 is 15.9 Å². The van der Waals surface area contributed by atoms with Gasteiger partial charge in [-0.25, -0.2) is 0 Å². The van der Waals surface area contributed by atoms with Crippen molar-refractivity contribution in [2.75, 3.05) is 13.6 Å². The maximum atomic E-state index is 6.08. The van der Waals surface area contributed by atoms with Crippen molar-refractivity contribution in [2.24, 2.45) is 5.73 Å². The highest BCUT2D eigenvalue weighted by Crippen LogP contribution is 2.29. The van der Waals surface area contributed by atoms with Crippen molar-refractivity contribution < 1.29 is 0 Å². The van der Waals surface area contributed by atoms with Gasteiger partial charge in [0.1, 0.15) is 0 Å². The highest BCUT2D eigenvalue weighted by molar-refractivity contribution is 9.10. The summed E-state index contributed by atoms with van der Waals surface area (Å²) in [5, 5.41) is 0. The number of hydrogen-bond donors (Lipinski definition) is 1. The molecule has 0 aromatic heterocycles. The molecule has 1 saturated carbocycles. The van der Waals surface area contributed by atoms with Crippen molar-refractivity contribution >= 4 is 15.9 Å². The van der Waals surface area contributed by atoms with Crippen molar-refractivity contribution in [1.29, 1.82) is 0 Å². The number of rotatable bonds is 4. The zero-order valence-electron chi connectivity index (χ0n) is 12.7. The van der Waals surface area contributed by atoms with E-state index in [1.165, 1.54) is 54.1 Å². The summed E-state index contributed by atoms with van der Waals surface area (Å²) in [7, 11) is 2.25. The van der Waals surface area contributed by atoms with Crippen molar-refractivity contribution in [3.63, 3.8) is 0 Å². The molecule has 1 aromatic carbocycles. The van der Waals surface area contributed by atoms with Gasteiger partial charge in [-0.1, -0.05) is 53.7 Å². The first kappa shape index (κ1) is 16.0. The van der Waals surface area contributed by atoms with Crippen molar-refractivity contribution in [1.82, 2.24) is 4.90 Å². The summed E-state index contributed by atoms with van der Waals surface area (Å²) < 4.78 is 1.18. The Bertz CT molecular complexity index is 425. The third-order valence-corrected chi connectivity index (χ3v) is 5.55. The van der Waals surface area contributed by atoms with Crippen LogP contribution in [-0.2, 0) is 0 Å². The van der Waals surface area contributed by atoms with E-state index in [9.17, 15) is 0 Å². The molecular formula is C17H27BrN2. The molecule has 0 radical (unpaired) electrons. The second-order valence-corrected chi connectivity index (χ2v) is 6.93. The molecule has 2 N–H and O–H groups in total. The normalized spacial score (nSPS) is 19.1. The van der Waals surface area contributed by atoms with E-state index in [0.717, 1.165) is 0 Å². The molecule has 0 aliphatic heterocycles. The SMILES string of the molecule is Cc1ccc(C(CN)N(C)C2CCCCCC2)cc1Br. The minimum Gasteiger partial charge on any atom is -0.329 e. The Morgan fingerprint density at radius 3 is 2.45 bits per heavy atom. The zero-order valence-corrected chi connectivity index (χ0v) is 14.3. The Kier molecular flexibility index (Phi) is 6.06. The predicted octanol–water partition coefficient (Wildman–Crippen LogP) is 4.41. The molecule has 20 heavy (non-hydrogen) atoms. The van der Waals surface area contributed by atoms with Crippen LogP contribution in [0.5, 0.6) is 0 Å². The zero-order chi connectivity index (χ0) is 14.5. The molecule has 2 rings (SSSR count). The van der Waals surface area contributed by atoms with Crippen molar-refractivity contribution in [3.8, 4) is 0 Å². The lowest BCUT2D eigenvalue weighted by atomic mass is 9.99. The van der Waals surface area contributed by atoms with E-state index in [1.807, 2.05) is 0 Å². The number of benzene rings is 1. The Hall–Kier alpha value is -0.380. The lowest BCUT2D eigenvalue weighted by Crippen LogP contribution is -2.38. The quantitative estimate of drug-likeness (QED) is 0.823. The minimum atomic E-state index is 0.329. The smallest absolute Gasteiger partial charge is 0.0470 e. The molecule has 1 aliphatic carbocycles. The second kappa shape index (κ2) is 7.58. The summed E-state index contributed by atoms with van der Waals surface area (Å²) in [6.07, 6.45) is 8.16. The average molecular weight is 339 g/mol. The first-order chi connectivity index (χ1) is 9.63. The van der Waals surface area contributed by atoms with Gasteiger partial charge in [0.05, 0.1) is 0 Å². The molecule has 0 saturated heterocycles. The van der Waals surface area contributed by atoms with E-state index in [-0.39, 0.29) is 0 Å². The average Bonchev–Trinajstić information content (AvgIpc) is 2.72. The fourth-order valence-electron chi connectivity index (χ4n) is 3.27. The standard InChI is InChI=1S/C17H27BrN2/c1-13-9-10-14(11-16(13)18)17(12-19)20(2)15-7-5-3-4-6-8-15/h9-11,15,17H,3-8,12,19H2,1-2H3. The summed E-state index contributed by atoms with van der Waals surface area (Å²) in [6.45, 7) is 2.81. The first-order valence-electron chi connectivity index (χ1n) is 7.81. The maximum Gasteiger partial charge on any atom is 0.0470 e. The molecule has 0 bridgehead atoms. The van der Waals surface area contributed by atoms with Gasteiger partial charge >= 0.3 is 0 Å². The summed E-state index contributed by atoms with van der Waals surface area (Å²) >= 11 is 3.64. The molecule has 0 heterocycles. The summed E-state index contributed by atoms with van der Waals surface area (Å²) in [6, 6.07) is 7.66. The largest absolute Gasteiger partial charge is 0.329 e. The molecule has 1 atom stereocenters. The number of aryl methyl sites for hydroxylation is 1. The van der Waals surface area contributed by atoms with E-state index < -0.39 is 0 Å². The minimum absolute atomic E-state index is 0.329. The van der Waals surface area contributed by atoms with E-state index in [1.54, 1.807) is 0 Å². The van der Waals surface area contributed by atoms with Crippen LogP contribution in [0.1, 0.15) is 55.7 Å². The van der Waals surface area contributed by atoms with Gasteiger partial charge < -0.3 is 5.73 Å². The molecule has 0 spiro atoms. The summed E-state index contributed by atoms with van der Waals surface area (Å²) in [4.78, 5) is 2.52. The third-order valence-electron chi connectivity index (χ3n) is 4.70. The Labute approximate surface area is 131 Å². The number of nitrogens with zero attached hydrogens (tertiary/aromatic N) is 1. The van der Waals surface area contributed by atoms with Crippen LogP contribution in [0.25, 0.3) is 0 Å². The van der Waals surface area contributed by atoms with Crippen LogP contribution in [0.2, 0.25) is 0 Å². The highest BCUT2D eigenvalue weighted by Gasteiger charge is 2.24. The predicted molar refractivity (Wildman–Crippen MR) is 89.9 cm³/mol. The number of halogens is 1. The highest BCUT2D eigenvalue weighted by atomic mass is 79.9. The molecule has 1 aliphatic rings. The van der Waals surface area contributed by atoms with E-state index in [0.29, 0.717) is 18.6 Å². The Balaban J connectivity index is 2.15. The molecular weight excluding hydrogens is 312 g/mol.